The first-order chi connectivity index (χ1) is 11.7. The fraction of sp³-hybridized carbons (Fsp3) is 0.0556. The van der Waals surface area contributed by atoms with Gasteiger partial charge in [-0.3, -0.25) is 0 Å². The summed E-state index contributed by atoms with van der Waals surface area (Å²) in [6.45, 7) is 0.105. The van der Waals surface area contributed by atoms with Crippen molar-refractivity contribution in [2.75, 3.05) is 0 Å². The highest BCUT2D eigenvalue weighted by Gasteiger charge is 2.13. The molecule has 118 valence electrons. The average molecular weight is 338 g/mol. The van der Waals surface area contributed by atoms with Crippen molar-refractivity contribution in [3.05, 3.63) is 76.5 Å². The van der Waals surface area contributed by atoms with Crippen molar-refractivity contribution in [3.63, 3.8) is 0 Å². The van der Waals surface area contributed by atoms with Gasteiger partial charge in [0.1, 0.15) is 17.4 Å². The molecule has 0 saturated heterocycles. The maximum atomic E-state index is 12.9. The van der Waals surface area contributed by atoms with E-state index in [1.807, 2.05) is 6.07 Å². The van der Waals surface area contributed by atoms with E-state index in [1.54, 1.807) is 41.8 Å². The number of esters is 1. The molecule has 0 amide bonds. The molecule has 4 nitrogen and oxygen atoms in total. The van der Waals surface area contributed by atoms with E-state index < -0.39 is 5.97 Å². The number of nitriles is 1. The molecular formula is C18H11FN2O2S. The standard InChI is InChI=1S/C18H11FN2O2S/c19-15-7-5-14(6-8-15)17-21-16(11-24-17)18(22)23-10-13-3-1-12(9-20)2-4-13/h1-8,11H,10H2. The second kappa shape index (κ2) is 7.02. The number of hydrogen-bond donors (Lipinski definition) is 0. The van der Waals surface area contributed by atoms with E-state index >= 15 is 0 Å². The van der Waals surface area contributed by atoms with Gasteiger partial charge in [0.05, 0.1) is 11.6 Å². The summed E-state index contributed by atoms with van der Waals surface area (Å²) >= 11 is 1.29. The number of nitrogens with zero attached hydrogens (tertiary/aromatic N) is 2. The summed E-state index contributed by atoms with van der Waals surface area (Å²) in [5, 5.41) is 11.0. The number of carbonyl (C=O) groups excluding carboxylic acids is 1. The van der Waals surface area contributed by atoms with Crippen LogP contribution < -0.4 is 0 Å². The van der Waals surface area contributed by atoms with Crippen LogP contribution >= 0.6 is 11.3 Å². The molecule has 1 heterocycles. The van der Waals surface area contributed by atoms with Crippen LogP contribution in [0, 0.1) is 17.1 Å². The molecule has 6 heteroatoms. The Balaban J connectivity index is 1.65. The lowest BCUT2D eigenvalue weighted by Gasteiger charge is -2.03. The Hall–Kier alpha value is -3.04. The third-order valence-corrected chi connectivity index (χ3v) is 4.15. The molecule has 0 aliphatic carbocycles. The molecule has 0 aliphatic rings. The largest absolute Gasteiger partial charge is 0.456 e. The quantitative estimate of drug-likeness (QED) is 0.670. The zero-order chi connectivity index (χ0) is 16.9. The summed E-state index contributed by atoms with van der Waals surface area (Å²) in [4.78, 5) is 16.3. The number of halogens is 1. The van der Waals surface area contributed by atoms with Crippen LogP contribution in [0.3, 0.4) is 0 Å². The minimum Gasteiger partial charge on any atom is -0.456 e. The Morgan fingerprint density at radius 1 is 1.17 bits per heavy atom. The van der Waals surface area contributed by atoms with Crippen molar-refractivity contribution in [1.82, 2.24) is 4.98 Å². The highest BCUT2D eigenvalue weighted by atomic mass is 32.1. The van der Waals surface area contributed by atoms with Gasteiger partial charge >= 0.3 is 5.97 Å². The normalized spacial score (nSPS) is 10.2. The Bertz CT molecular complexity index is 896. The number of aromatic nitrogens is 1. The van der Waals surface area contributed by atoms with Gasteiger partial charge in [0, 0.05) is 10.9 Å². The lowest BCUT2D eigenvalue weighted by molar-refractivity contribution is 0.0467. The second-order valence-electron chi connectivity index (χ2n) is 4.93. The zero-order valence-electron chi connectivity index (χ0n) is 12.4. The Labute approximate surface area is 141 Å². The summed E-state index contributed by atoms with van der Waals surface area (Å²) < 4.78 is 18.2. The molecule has 3 rings (SSSR count). The molecule has 24 heavy (non-hydrogen) atoms. The van der Waals surface area contributed by atoms with E-state index in [9.17, 15) is 9.18 Å². The van der Waals surface area contributed by atoms with Gasteiger partial charge in [-0.05, 0) is 42.0 Å². The Morgan fingerprint density at radius 3 is 2.54 bits per heavy atom. The second-order valence-corrected chi connectivity index (χ2v) is 5.79. The van der Waals surface area contributed by atoms with Crippen molar-refractivity contribution in [2.24, 2.45) is 0 Å². The van der Waals surface area contributed by atoms with Crippen molar-refractivity contribution in [3.8, 4) is 16.6 Å². The molecule has 1 aromatic heterocycles. The first-order valence-corrected chi connectivity index (χ1v) is 7.91. The van der Waals surface area contributed by atoms with Crippen molar-refractivity contribution in [1.29, 1.82) is 5.26 Å². The molecule has 0 unspecified atom stereocenters. The molecule has 0 N–H and O–H groups in total. The number of carbonyl (C=O) groups is 1. The molecule has 0 aliphatic heterocycles. The summed E-state index contributed by atoms with van der Waals surface area (Å²) in [5.41, 5.74) is 2.30. The van der Waals surface area contributed by atoms with Gasteiger partial charge < -0.3 is 4.74 Å². The summed E-state index contributed by atoms with van der Waals surface area (Å²) in [6.07, 6.45) is 0. The van der Waals surface area contributed by atoms with E-state index in [1.165, 1.54) is 23.5 Å². The van der Waals surface area contributed by atoms with E-state index in [0.717, 1.165) is 11.1 Å². The summed E-state index contributed by atoms with van der Waals surface area (Å²) in [6, 6.07) is 14.7. The lowest BCUT2D eigenvalue weighted by atomic mass is 10.2. The number of benzene rings is 2. The van der Waals surface area contributed by atoms with Gasteiger partial charge in [-0.1, -0.05) is 12.1 Å². The van der Waals surface area contributed by atoms with Crippen LogP contribution in [0.15, 0.2) is 53.9 Å². The lowest BCUT2D eigenvalue weighted by Crippen LogP contribution is -2.05. The maximum absolute atomic E-state index is 12.9. The van der Waals surface area contributed by atoms with Gasteiger partial charge in [-0.2, -0.15) is 5.26 Å². The minimum atomic E-state index is -0.524. The topological polar surface area (TPSA) is 63.0 Å². The van der Waals surface area contributed by atoms with Gasteiger partial charge in [0.15, 0.2) is 5.69 Å². The molecule has 0 fully saturated rings. The SMILES string of the molecule is N#Cc1ccc(COC(=O)c2csc(-c3ccc(F)cc3)n2)cc1. The van der Waals surface area contributed by atoms with Crippen molar-refractivity contribution < 1.29 is 13.9 Å². The first-order valence-electron chi connectivity index (χ1n) is 7.03. The summed E-state index contributed by atoms with van der Waals surface area (Å²) in [5.74, 6) is -0.846. The van der Waals surface area contributed by atoms with Crippen LogP contribution in [-0.2, 0) is 11.3 Å². The predicted octanol–water partition coefficient (Wildman–Crippen LogP) is 4.18. The summed E-state index contributed by atoms with van der Waals surface area (Å²) in [7, 11) is 0. The van der Waals surface area contributed by atoms with Gasteiger partial charge in [0.25, 0.3) is 0 Å². The zero-order valence-corrected chi connectivity index (χ0v) is 13.2. The van der Waals surface area contributed by atoms with Crippen LogP contribution in [0.1, 0.15) is 21.6 Å². The Kier molecular flexibility index (Phi) is 4.64. The average Bonchev–Trinajstić information content (AvgIpc) is 3.11. The molecular weight excluding hydrogens is 327 g/mol. The van der Waals surface area contributed by atoms with E-state index in [4.69, 9.17) is 10.00 Å². The number of ether oxygens (including phenoxy) is 1. The monoisotopic (exact) mass is 338 g/mol. The maximum Gasteiger partial charge on any atom is 0.358 e. The van der Waals surface area contributed by atoms with E-state index in [0.29, 0.717) is 10.6 Å². The fourth-order valence-corrected chi connectivity index (χ4v) is 2.79. The predicted molar refractivity (Wildman–Crippen MR) is 87.8 cm³/mol. The van der Waals surface area contributed by atoms with Gasteiger partial charge in [-0.15, -0.1) is 11.3 Å². The van der Waals surface area contributed by atoms with Crippen molar-refractivity contribution >= 4 is 17.3 Å². The number of rotatable bonds is 4. The molecule has 3 aromatic rings. The van der Waals surface area contributed by atoms with Crippen molar-refractivity contribution in [2.45, 2.75) is 6.61 Å². The van der Waals surface area contributed by atoms with Crippen LogP contribution in [0.5, 0.6) is 0 Å². The van der Waals surface area contributed by atoms with Crippen LogP contribution in [-0.4, -0.2) is 11.0 Å². The minimum absolute atomic E-state index is 0.105. The molecule has 0 saturated carbocycles. The molecule has 0 bridgehead atoms. The van der Waals surface area contributed by atoms with Crippen LogP contribution in [0.4, 0.5) is 4.39 Å². The number of hydrogen-bond acceptors (Lipinski definition) is 5. The highest BCUT2D eigenvalue weighted by Crippen LogP contribution is 2.24. The Morgan fingerprint density at radius 2 is 1.88 bits per heavy atom. The third kappa shape index (κ3) is 3.65. The van der Waals surface area contributed by atoms with E-state index in [2.05, 4.69) is 4.98 Å². The van der Waals surface area contributed by atoms with Crippen LogP contribution in [0.25, 0.3) is 10.6 Å². The number of thiazole rings is 1. The van der Waals surface area contributed by atoms with Gasteiger partial charge in [0.2, 0.25) is 0 Å². The first kappa shape index (κ1) is 15.8. The molecule has 2 aromatic carbocycles. The molecule has 0 atom stereocenters. The fourth-order valence-electron chi connectivity index (χ4n) is 1.99. The van der Waals surface area contributed by atoms with Gasteiger partial charge in [-0.25, -0.2) is 14.2 Å². The van der Waals surface area contributed by atoms with Crippen LogP contribution in [0.2, 0.25) is 0 Å². The molecule has 0 spiro atoms. The van der Waals surface area contributed by atoms with E-state index in [-0.39, 0.29) is 18.1 Å². The third-order valence-electron chi connectivity index (χ3n) is 3.26. The smallest absolute Gasteiger partial charge is 0.358 e. The molecule has 0 radical (unpaired) electrons. The highest BCUT2D eigenvalue weighted by molar-refractivity contribution is 7.13.